The number of carbonyl (C=O) groups excluding carboxylic acids is 1. The fourth-order valence-corrected chi connectivity index (χ4v) is 3.45. The molecule has 1 aliphatic carbocycles. The maximum absolute atomic E-state index is 13.2. The summed E-state index contributed by atoms with van der Waals surface area (Å²) >= 11 is 0. The zero-order valence-electron chi connectivity index (χ0n) is 12.8. The van der Waals surface area contributed by atoms with E-state index in [2.05, 4.69) is 0 Å². The molecule has 0 radical (unpaired) electrons. The topological polar surface area (TPSA) is 66.8 Å². The number of carbonyl (C=O) groups is 2. The van der Waals surface area contributed by atoms with Crippen molar-refractivity contribution in [2.24, 2.45) is 0 Å². The molecule has 1 aliphatic heterocycles. The lowest BCUT2D eigenvalue weighted by Crippen LogP contribution is -2.55. The van der Waals surface area contributed by atoms with Crippen molar-refractivity contribution in [2.45, 2.75) is 37.2 Å². The number of carboxylic acids is 1. The average Bonchev–Trinajstić information content (AvgIpc) is 2.47. The average molecular weight is 321 g/mol. The molecular formula is C17H20FNO4. The standard InChI is InChI=1S/C17H20FNO4/c18-13-4-2-12(3-5-13)17(6-1-7-17)16(22)19-8-9-23-14(11-19)10-15(20)21/h2-5,14H,1,6-11H2,(H,20,21). The minimum absolute atomic E-state index is 0.00838. The second-order valence-corrected chi connectivity index (χ2v) is 6.28. The number of nitrogens with zero attached hydrogens (tertiary/aromatic N) is 1. The Morgan fingerprint density at radius 2 is 2.00 bits per heavy atom. The van der Waals surface area contributed by atoms with Gasteiger partial charge in [-0.25, -0.2) is 4.39 Å². The van der Waals surface area contributed by atoms with Gasteiger partial charge >= 0.3 is 5.97 Å². The van der Waals surface area contributed by atoms with Crippen LogP contribution in [0.1, 0.15) is 31.2 Å². The summed E-state index contributed by atoms with van der Waals surface area (Å²) in [5, 5.41) is 8.89. The minimum Gasteiger partial charge on any atom is -0.481 e. The third-order valence-corrected chi connectivity index (χ3v) is 4.84. The van der Waals surface area contributed by atoms with Crippen LogP contribution in [0.15, 0.2) is 24.3 Å². The van der Waals surface area contributed by atoms with Crippen LogP contribution in [0, 0.1) is 5.82 Å². The number of ether oxygens (including phenoxy) is 1. The van der Waals surface area contributed by atoms with Crippen molar-refractivity contribution in [1.82, 2.24) is 4.90 Å². The molecule has 124 valence electrons. The fourth-order valence-electron chi connectivity index (χ4n) is 3.45. The molecule has 1 amide bonds. The van der Waals surface area contributed by atoms with Crippen LogP contribution in [-0.2, 0) is 19.7 Å². The van der Waals surface area contributed by atoms with Crippen LogP contribution in [0.4, 0.5) is 4.39 Å². The van der Waals surface area contributed by atoms with Gasteiger partial charge in [0.1, 0.15) is 5.82 Å². The van der Waals surface area contributed by atoms with E-state index in [0.717, 1.165) is 24.8 Å². The highest BCUT2D eigenvalue weighted by molar-refractivity contribution is 5.89. The van der Waals surface area contributed by atoms with Crippen LogP contribution in [0.25, 0.3) is 0 Å². The van der Waals surface area contributed by atoms with Gasteiger partial charge in [-0.3, -0.25) is 9.59 Å². The molecule has 6 heteroatoms. The largest absolute Gasteiger partial charge is 0.481 e. The number of hydrogen-bond acceptors (Lipinski definition) is 3. The number of halogens is 1. The molecule has 2 fully saturated rings. The summed E-state index contributed by atoms with van der Waals surface area (Å²) in [6, 6.07) is 6.13. The van der Waals surface area contributed by atoms with Gasteiger partial charge in [-0.1, -0.05) is 18.6 Å². The van der Waals surface area contributed by atoms with Crippen molar-refractivity contribution < 1.29 is 23.8 Å². The lowest BCUT2D eigenvalue weighted by Gasteiger charge is -2.45. The van der Waals surface area contributed by atoms with Gasteiger partial charge in [0, 0.05) is 13.1 Å². The molecule has 1 aromatic carbocycles. The van der Waals surface area contributed by atoms with Crippen molar-refractivity contribution in [3.8, 4) is 0 Å². The van der Waals surface area contributed by atoms with Gasteiger partial charge in [-0.15, -0.1) is 0 Å². The molecule has 1 atom stereocenters. The Labute approximate surface area is 134 Å². The molecule has 1 saturated carbocycles. The van der Waals surface area contributed by atoms with E-state index >= 15 is 0 Å². The first-order valence-corrected chi connectivity index (χ1v) is 7.90. The second-order valence-electron chi connectivity index (χ2n) is 6.28. The molecule has 23 heavy (non-hydrogen) atoms. The van der Waals surface area contributed by atoms with E-state index in [1.807, 2.05) is 0 Å². The Hall–Kier alpha value is -1.95. The van der Waals surface area contributed by atoms with E-state index in [1.165, 1.54) is 12.1 Å². The Morgan fingerprint density at radius 1 is 1.30 bits per heavy atom. The van der Waals surface area contributed by atoms with E-state index < -0.39 is 17.5 Å². The van der Waals surface area contributed by atoms with Gasteiger partial charge in [0.25, 0.3) is 0 Å². The highest BCUT2D eigenvalue weighted by Gasteiger charge is 2.48. The maximum atomic E-state index is 13.2. The second kappa shape index (κ2) is 6.28. The molecule has 0 bridgehead atoms. The minimum atomic E-state index is -0.929. The van der Waals surface area contributed by atoms with Gasteiger partial charge in [0.2, 0.25) is 5.91 Å². The molecule has 0 spiro atoms. The van der Waals surface area contributed by atoms with Crippen LogP contribution in [0.3, 0.4) is 0 Å². The van der Waals surface area contributed by atoms with Gasteiger partial charge in [-0.05, 0) is 30.5 Å². The van der Waals surface area contributed by atoms with Gasteiger partial charge < -0.3 is 14.7 Å². The van der Waals surface area contributed by atoms with E-state index in [-0.39, 0.29) is 18.1 Å². The summed E-state index contributed by atoms with van der Waals surface area (Å²) in [7, 11) is 0. The number of hydrogen-bond donors (Lipinski definition) is 1. The Kier molecular flexibility index (Phi) is 4.35. The first-order valence-electron chi connectivity index (χ1n) is 7.90. The number of aliphatic carboxylic acids is 1. The third kappa shape index (κ3) is 3.08. The number of morpholine rings is 1. The van der Waals surface area contributed by atoms with Crippen molar-refractivity contribution in [3.05, 3.63) is 35.6 Å². The zero-order chi connectivity index (χ0) is 16.4. The van der Waals surface area contributed by atoms with Crippen molar-refractivity contribution in [3.63, 3.8) is 0 Å². The molecule has 1 heterocycles. The van der Waals surface area contributed by atoms with Crippen molar-refractivity contribution in [2.75, 3.05) is 19.7 Å². The summed E-state index contributed by atoms with van der Waals surface area (Å²) in [6.45, 7) is 1.12. The summed E-state index contributed by atoms with van der Waals surface area (Å²) in [5.41, 5.74) is 0.259. The predicted octanol–water partition coefficient (Wildman–Crippen LogP) is 1.95. The molecule has 1 aromatic rings. The molecule has 1 unspecified atom stereocenters. The van der Waals surface area contributed by atoms with Crippen molar-refractivity contribution in [1.29, 1.82) is 0 Å². The monoisotopic (exact) mass is 321 g/mol. The van der Waals surface area contributed by atoms with Gasteiger partial charge in [0.15, 0.2) is 0 Å². The van der Waals surface area contributed by atoms with Crippen LogP contribution in [0.2, 0.25) is 0 Å². The number of amides is 1. The van der Waals surface area contributed by atoms with Crippen molar-refractivity contribution >= 4 is 11.9 Å². The lowest BCUT2D eigenvalue weighted by molar-refractivity contribution is -0.153. The van der Waals surface area contributed by atoms with Gasteiger partial charge in [-0.2, -0.15) is 0 Å². The molecule has 2 aliphatic rings. The molecule has 5 nitrogen and oxygen atoms in total. The first-order chi connectivity index (χ1) is 11.0. The predicted molar refractivity (Wildman–Crippen MR) is 80.5 cm³/mol. The smallest absolute Gasteiger partial charge is 0.306 e. The molecule has 3 rings (SSSR count). The van der Waals surface area contributed by atoms with E-state index in [4.69, 9.17) is 9.84 Å². The maximum Gasteiger partial charge on any atom is 0.306 e. The Balaban J connectivity index is 1.77. The lowest BCUT2D eigenvalue weighted by atomic mass is 9.63. The van der Waals surface area contributed by atoms with E-state index in [0.29, 0.717) is 19.7 Å². The number of benzene rings is 1. The summed E-state index contributed by atoms with van der Waals surface area (Å²) in [4.78, 5) is 25.6. The van der Waals surface area contributed by atoms with E-state index in [1.54, 1.807) is 17.0 Å². The third-order valence-electron chi connectivity index (χ3n) is 4.84. The summed E-state index contributed by atoms with van der Waals surface area (Å²) < 4.78 is 18.6. The SMILES string of the molecule is O=C(O)CC1CN(C(=O)C2(c3ccc(F)cc3)CCC2)CCO1. The molecular weight excluding hydrogens is 301 g/mol. The summed E-state index contributed by atoms with van der Waals surface area (Å²) in [6.07, 6.45) is 1.89. The highest BCUT2D eigenvalue weighted by Crippen LogP contribution is 2.45. The normalized spacial score (nSPS) is 23.2. The van der Waals surface area contributed by atoms with Gasteiger partial charge in [0.05, 0.1) is 24.5 Å². The quantitative estimate of drug-likeness (QED) is 0.920. The van der Waals surface area contributed by atoms with Crippen LogP contribution in [-0.4, -0.2) is 47.7 Å². The van der Waals surface area contributed by atoms with Crippen LogP contribution < -0.4 is 0 Å². The van der Waals surface area contributed by atoms with Crippen LogP contribution in [0.5, 0.6) is 0 Å². The first kappa shape index (κ1) is 15.9. The van der Waals surface area contributed by atoms with Crippen LogP contribution >= 0.6 is 0 Å². The Bertz CT molecular complexity index is 597. The zero-order valence-corrected chi connectivity index (χ0v) is 12.8. The Morgan fingerprint density at radius 3 is 2.57 bits per heavy atom. The highest BCUT2D eigenvalue weighted by atomic mass is 19.1. The fraction of sp³-hybridized carbons (Fsp3) is 0.529. The summed E-state index contributed by atoms with van der Waals surface area (Å²) in [5.74, 6) is -1.24. The molecule has 1 saturated heterocycles. The number of rotatable bonds is 4. The number of carboxylic acid groups (broad SMARTS) is 1. The van der Waals surface area contributed by atoms with E-state index in [9.17, 15) is 14.0 Å². The molecule has 0 aromatic heterocycles. The molecule has 1 N–H and O–H groups in total.